The van der Waals surface area contributed by atoms with Crippen LogP contribution in [-0.4, -0.2) is 38.8 Å². The normalized spacial score (nSPS) is 12.5. The molecule has 0 radical (unpaired) electrons. The van der Waals surface area contributed by atoms with Gasteiger partial charge in [0, 0.05) is 0 Å². The van der Waals surface area contributed by atoms with Gasteiger partial charge in [0.15, 0.2) is 0 Å². The molecule has 0 aromatic heterocycles. The van der Waals surface area contributed by atoms with E-state index in [0.717, 1.165) is 0 Å². The van der Waals surface area contributed by atoms with Crippen LogP contribution in [-0.2, 0) is 10.0 Å². The summed E-state index contributed by atoms with van der Waals surface area (Å²) in [6.45, 7) is 9.39. The number of sulfonamides is 1. The first-order valence-electron chi connectivity index (χ1n) is 17.5. The fraction of sp³-hybridized carbons (Fsp3) is 1.00. The third-order valence-electron chi connectivity index (χ3n) is 8.49. The van der Waals surface area contributed by atoms with E-state index < -0.39 is 23.0 Å². The third kappa shape index (κ3) is 29.7. The van der Waals surface area contributed by atoms with Gasteiger partial charge in [-0.25, -0.2) is 13.6 Å². The molecule has 0 atom stereocenters. The summed E-state index contributed by atoms with van der Waals surface area (Å²) in [6.07, 6.45) is 42.4. The van der Waals surface area contributed by atoms with Crippen LogP contribution in [0.2, 0.25) is 0 Å². The van der Waals surface area contributed by atoms with E-state index in [1.807, 2.05) is 0 Å². The molecule has 0 unspecified atom stereocenters. The largest absolute Gasteiger partial charge is 0.350 e. The molecule has 0 spiro atoms. The van der Waals surface area contributed by atoms with Crippen LogP contribution in [0.25, 0.3) is 0 Å². The molecule has 0 rings (SSSR count). The summed E-state index contributed by atoms with van der Waals surface area (Å²) in [5.41, 5.74) is 0. The number of rotatable bonds is 29. The van der Waals surface area contributed by atoms with Crippen molar-refractivity contribution in [2.24, 2.45) is 5.14 Å². The number of primary sulfonamides is 1. The summed E-state index contributed by atoms with van der Waals surface area (Å²) < 4.78 is 40.4. The molecule has 7 heteroatoms. The molecule has 0 aliphatic heterocycles. The fourth-order valence-electron chi connectivity index (χ4n) is 5.87. The van der Waals surface area contributed by atoms with Crippen LogP contribution >= 0.6 is 7.26 Å². The minimum Gasteiger partial charge on any atom is -0.224 e. The van der Waals surface area contributed by atoms with Gasteiger partial charge in [0.1, 0.15) is 0 Å². The second-order valence-electron chi connectivity index (χ2n) is 12.4. The summed E-state index contributed by atoms with van der Waals surface area (Å²) >= 11 is 0. The van der Waals surface area contributed by atoms with E-state index in [4.69, 9.17) is 0 Å². The molecule has 0 aliphatic rings. The van der Waals surface area contributed by atoms with E-state index in [1.165, 1.54) is 128 Å². The van der Waals surface area contributed by atoms with Crippen LogP contribution in [0.3, 0.4) is 0 Å². The summed E-state index contributed by atoms with van der Waals surface area (Å²) in [7, 11) is -5.64. The zero-order valence-electron chi connectivity index (χ0n) is 27.4. The van der Waals surface area contributed by atoms with Crippen LogP contribution < -0.4 is 5.14 Å². The number of hydrogen-bond donors (Lipinski definition) is 1. The number of halogens is 2. The van der Waals surface area contributed by atoms with E-state index in [0.29, 0.717) is 0 Å². The predicted octanol–water partition coefficient (Wildman–Crippen LogP) is 11.7. The van der Waals surface area contributed by atoms with E-state index in [1.54, 1.807) is 50.3 Å². The molecule has 0 aromatic rings. The van der Waals surface area contributed by atoms with Crippen LogP contribution in [0, 0.1) is 0 Å². The minimum atomic E-state index is -4.57. The third-order valence-corrected chi connectivity index (χ3v) is 14.6. The molecule has 0 aromatic carbocycles. The standard InChI is InChI=1S/C32H69P.CH3F2NO2S/c1-5-9-13-17-21-25-29-33(30-26-22-18-14-10-6-2,31-27-23-19-15-11-7-3)32-28-24-20-16-12-8-4;2-1(3)7(4,5)6/h33H,5-32H2,1-4H3;1H,(H2,4,5,6). The van der Waals surface area contributed by atoms with Gasteiger partial charge >= 0.3 is 219 Å². The van der Waals surface area contributed by atoms with Gasteiger partial charge < -0.3 is 0 Å². The first-order chi connectivity index (χ1) is 19.2. The average molecular weight is 616 g/mol. The molecule has 0 bridgehead atoms. The summed E-state index contributed by atoms with van der Waals surface area (Å²) in [5, 5.41) is 3.90. The molecule has 0 aliphatic carbocycles. The topological polar surface area (TPSA) is 60.2 Å². The second-order valence-corrected chi connectivity index (χ2v) is 19.0. The number of hydrogen-bond acceptors (Lipinski definition) is 2. The maximum atomic E-state index is 10.8. The summed E-state index contributed by atoms with van der Waals surface area (Å²) in [4.78, 5) is 0. The Morgan fingerprint density at radius 2 is 0.625 bits per heavy atom. The molecule has 0 fully saturated rings. The van der Waals surface area contributed by atoms with Crippen LogP contribution in [0.5, 0.6) is 0 Å². The zero-order chi connectivity index (χ0) is 30.4. The second kappa shape index (κ2) is 30.7. The average Bonchev–Trinajstić information content (AvgIpc) is 2.92. The molecule has 0 amide bonds. The number of unbranched alkanes of at least 4 members (excludes halogenated alkanes) is 20. The first-order valence-corrected chi connectivity index (χ1v) is 21.9. The minimum absolute atomic E-state index is 1.07. The Bertz CT molecular complexity index is 536. The van der Waals surface area contributed by atoms with Gasteiger partial charge in [-0.1, -0.05) is 0 Å². The molecular weight excluding hydrogens is 543 g/mol. The van der Waals surface area contributed by atoms with Crippen molar-refractivity contribution in [3.8, 4) is 0 Å². The Labute approximate surface area is 251 Å². The zero-order valence-corrected chi connectivity index (χ0v) is 29.3. The van der Waals surface area contributed by atoms with Crippen LogP contribution in [0.4, 0.5) is 8.78 Å². The molecule has 0 saturated carbocycles. The van der Waals surface area contributed by atoms with Crippen molar-refractivity contribution in [1.29, 1.82) is 0 Å². The fourth-order valence-corrected chi connectivity index (χ4v) is 11.4. The molecule has 40 heavy (non-hydrogen) atoms. The Morgan fingerprint density at radius 1 is 0.450 bits per heavy atom. The van der Waals surface area contributed by atoms with E-state index in [2.05, 4.69) is 32.8 Å². The Balaban J connectivity index is 0. The van der Waals surface area contributed by atoms with Gasteiger partial charge in [0.05, 0.1) is 0 Å². The summed E-state index contributed by atoms with van der Waals surface area (Å²) in [5.74, 6) is -3.45. The maximum Gasteiger partial charge on any atom is 0.350 e. The van der Waals surface area contributed by atoms with Crippen molar-refractivity contribution in [3.05, 3.63) is 0 Å². The quantitative estimate of drug-likeness (QED) is 0.0672. The van der Waals surface area contributed by atoms with Crippen LogP contribution in [0.1, 0.15) is 182 Å². The van der Waals surface area contributed by atoms with Gasteiger partial charge in [-0.05, 0) is 0 Å². The maximum absolute atomic E-state index is 10.8. The van der Waals surface area contributed by atoms with E-state index >= 15 is 0 Å². The van der Waals surface area contributed by atoms with E-state index in [-0.39, 0.29) is 0 Å². The van der Waals surface area contributed by atoms with Crippen LogP contribution in [0.15, 0.2) is 0 Å². The van der Waals surface area contributed by atoms with Gasteiger partial charge in [-0.3, -0.25) is 0 Å². The van der Waals surface area contributed by atoms with Crippen molar-refractivity contribution in [1.82, 2.24) is 0 Å². The monoisotopic (exact) mass is 615 g/mol. The van der Waals surface area contributed by atoms with E-state index in [9.17, 15) is 17.2 Å². The molecule has 0 saturated heterocycles. The van der Waals surface area contributed by atoms with Crippen molar-refractivity contribution >= 4 is 17.3 Å². The molecular formula is C33H72F2NO2PS. The van der Waals surface area contributed by atoms with Crippen molar-refractivity contribution in [3.63, 3.8) is 0 Å². The van der Waals surface area contributed by atoms with Gasteiger partial charge in [-0.15, -0.1) is 0 Å². The van der Waals surface area contributed by atoms with Gasteiger partial charge in [-0.2, -0.15) is 8.78 Å². The van der Waals surface area contributed by atoms with Crippen molar-refractivity contribution < 1.29 is 17.2 Å². The Morgan fingerprint density at radius 3 is 0.800 bits per heavy atom. The predicted molar refractivity (Wildman–Crippen MR) is 180 cm³/mol. The number of alkyl halides is 2. The summed E-state index contributed by atoms with van der Waals surface area (Å²) in [6, 6.07) is 0. The molecule has 0 heterocycles. The SMILES string of the molecule is CCCCCCCC[PH](CCCCCCCC)(CCCCCCCC)CCCCCCCC.NS(=O)(=O)C(F)F. The molecule has 3 nitrogen and oxygen atoms in total. The van der Waals surface area contributed by atoms with Gasteiger partial charge in [0.25, 0.3) is 10.0 Å². The molecule has 2 N–H and O–H groups in total. The van der Waals surface area contributed by atoms with Crippen molar-refractivity contribution in [2.45, 2.75) is 188 Å². The first kappa shape index (κ1) is 42.3. The Kier molecular flexibility index (Phi) is 32.4. The van der Waals surface area contributed by atoms with Gasteiger partial charge in [0.2, 0.25) is 0 Å². The smallest absolute Gasteiger partial charge is 0.224 e. The van der Waals surface area contributed by atoms with Crippen molar-refractivity contribution in [2.75, 3.05) is 24.6 Å². The number of nitrogens with two attached hydrogens (primary N) is 1. The Hall–Kier alpha value is 0.200. The molecule has 246 valence electrons.